The minimum absolute atomic E-state index is 0.0905. The quantitative estimate of drug-likeness (QED) is 0.732. The third-order valence-electron chi connectivity index (χ3n) is 4.20. The van der Waals surface area contributed by atoms with Crippen molar-refractivity contribution < 1.29 is 14.3 Å². The first kappa shape index (κ1) is 18.0. The summed E-state index contributed by atoms with van der Waals surface area (Å²) in [6, 6.07) is 7.75. The van der Waals surface area contributed by atoms with E-state index in [1.54, 1.807) is 37.0 Å². The van der Waals surface area contributed by atoms with Crippen LogP contribution in [0.3, 0.4) is 0 Å². The highest BCUT2D eigenvalue weighted by Crippen LogP contribution is 2.17. The SMILES string of the molecule is CCc1cnn(Cc2ccc(OC)cc2)c1C(=O)N(C)C(C)OC. The fourth-order valence-corrected chi connectivity index (χ4v) is 2.44. The Morgan fingerprint density at radius 1 is 1.29 bits per heavy atom. The first-order valence-corrected chi connectivity index (χ1v) is 7.99. The molecule has 0 aliphatic heterocycles. The van der Waals surface area contributed by atoms with Gasteiger partial charge in [-0.1, -0.05) is 19.1 Å². The van der Waals surface area contributed by atoms with Crippen molar-refractivity contribution in [3.63, 3.8) is 0 Å². The molecule has 6 nitrogen and oxygen atoms in total. The number of aromatic nitrogens is 2. The molecule has 130 valence electrons. The number of carbonyl (C=O) groups is 1. The topological polar surface area (TPSA) is 56.6 Å². The number of benzene rings is 1. The Kier molecular flexibility index (Phi) is 5.98. The molecule has 1 heterocycles. The Morgan fingerprint density at radius 3 is 2.50 bits per heavy atom. The summed E-state index contributed by atoms with van der Waals surface area (Å²) in [5.41, 5.74) is 2.60. The molecule has 0 bridgehead atoms. The summed E-state index contributed by atoms with van der Waals surface area (Å²) >= 11 is 0. The third kappa shape index (κ3) is 3.76. The molecule has 0 aliphatic carbocycles. The van der Waals surface area contributed by atoms with Crippen LogP contribution in [0.5, 0.6) is 5.75 Å². The molecule has 24 heavy (non-hydrogen) atoms. The first-order chi connectivity index (χ1) is 11.5. The number of methoxy groups -OCH3 is 2. The lowest BCUT2D eigenvalue weighted by molar-refractivity contribution is 0.00127. The molecule has 0 radical (unpaired) electrons. The van der Waals surface area contributed by atoms with Crippen molar-refractivity contribution in [2.75, 3.05) is 21.3 Å². The molecule has 2 aromatic rings. The van der Waals surface area contributed by atoms with Gasteiger partial charge in [-0.15, -0.1) is 0 Å². The summed E-state index contributed by atoms with van der Waals surface area (Å²) in [5.74, 6) is 0.714. The minimum Gasteiger partial charge on any atom is -0.497 e. The Hall–Kier alpha value is -2.34. The van der Waals surface area contributed by atoms with Gasteiger partial charge in [-0.2, -0.15) is 5.10 Å². The van der Waals surface area contributed by atoms with Gasteiger partial charge in [0.15, 0.2) is 0 Å². The maximum absolute atomic E-state index is 12.9. The summed E-state index contributed by atoms with van der Waals surface area (Å²) in [6.45, 7) is 4.39. The normalized spacial score (nSPS) is 12.0. The van der Waals surface area contributed by atoms with Crippen molar-refractivity contribution in [1.82, 2.24) is 14.7 Å². The van der Waals surface area contributed by atoms with Crippen LogP contribution in [0.15, 0.2) is 30.5 Å². The van der Waals surface area contributed by atoms with Gasteiger partial charge >= 0.3 is 0 Å². The van der Waals surface area contributed by atoms with E-state index in [-0.39, 0.29) is 12.1 Å². The molecule has 0 aliphatic rings. The predicted octanol–water partition coefficient (Wildman–Crippen LogP) is 2.57. The van der Waals surface area contributed by atoms with Gasteiger partial charge in [-0.05, 0) is 31.0 Å². The van der Waals surface area contributed by atoms with Gasteiger partial charge in [-0.25, -0.2) is 0 Å². The van der Waals surface area contributed by atoms with Crippen LogP contribution in [0.4, 0.5) is 0 Å². The molecule has 0 saturated heterocycles. The van der Waals surface area contributed by atoms with Crippen LogP contribution in [0.25, 0.3) is 0 Å². The average Bonchev–Trinajstić information content (AvgIpc) is 3.02. The molecule has 2 rings (SSSR count). The summed E-state index contributed by atoms with van der Waals surface area (Å²) in [4.78, 5) is 14.4. The molecule has 1 unspecified atom stereocenters. The zero-order chi connectivity index (χ0) is 17.7. The number of hydrogen-bond donors (Lipinski definition) is 0. The van der Waals surface area contributed by atoms with Crippen molar-refractivity contribution in [3.8, 4) is 5.75 Å². The highest BCUT2D eigenvalue weighted by Gasteiger charge is 2.24. The lowest BCUT2D eigenvalue weighted by Gasteiger charge is -2.24. The number of hydrogen-bond acceptors (Lipinski definition) is 4. The predicted molar refractivity (Wildman–Crippen MR) is 92.3 cm³/mol. The molecule has 1 aromatic heterocycles. The van der Waals surface area contributed by atoms with Gasteiger partial charge < -0.3 is 14.4 Å². The van der Waals surface area contributed by atoms with Gasteiger partial charge in [0.25, 0.3) is 5.91 Å². The van der Waals surface area contributed by atoms with E-state index in [9.17, 15) is 4.79 Å². The van der Waals surface area contributed by atoms with E-state index >= 15 is 0 Å². The molecule has 0 spiro atoms. The van der Waals surface area contributed by atoms with E-state index < -0.39 is 0 Å². The van der Waals surface area contributed by atoms with E-state index in [0.717, 1.165) is 23.3 Å². The standard InChI is InChI=1S/C18H25N3O3/c1-6-15-11-19-21(12-14-7-9-16(24-5)10-8-14)17(15)18(22)20(3)13(2)23-4/h7-11,13H,6,12H2,1-5H3. The van der Waals surface area contributed by atoms with Crippen LogP contribution in [0.1, 0.15) is 35.5 Å². The molecule has 1 atom stereocenters. The van der Waals surface area contributed by atoms with Crippen LogP contribution in [-0.2, 0) is 17.7 Å². The molecule has 0 saturated carbocycles. The zero-order valence-electron chi connectivity index (χ0n) is 14.9. The van der Waals surface area contributed by atoms with Gasteiger partial charge in [0.1, 0.15) is 17.7 Å². The van der Waals surface area contributed by atoms with Crippen molar-refractivity contribution in [2.24, 2.45) is 0 Å². The van der Waals surface area contributed by atoms with E-state index in [4.69, 9.17) is 9.47 Å². The van der Waals surface area contributed by atoms with Crippen molar-refractivity contribution >= 4 is 5.91 Å². The van der Waals surface area contributed by atoms with Crippen LogP contribution >= 0.6 is 0 Å². The van der Waals surface area contributed by atoms with E-state index in [1.165, 1.54) is 0 Å². The van der Waals surface area contributed by atoms with Crippen LogP contribution < -0.4 is 4.74 Å². The fourth-order valence-electron chi connectivity index (χ4n) is 2.44. The van der Waals surface area contributed by atoms with Gasteiger partial charge in [0.05, 0.1) is 19.9 Å². The Bertz CT molecular complexity index is 679. The lowest BCUT2D eigenvalue weighted by atomic mass is 10.1. The van der Waals surface area contributed by atoms with Crippen molar-refractivity contribution in [1.29, 1.82) is 0 Å². The van der Waals surface area contributed by atoms with Gasteiger partial charge in [0, 0.05) is 19.7 Å². The highest BCUT2D eigenvalue weighted by atomic mass is 16.5. The summed E-state index contributed by atoms with van der Waals surface area (Å²) in [6.07, 6.45) is 2.22. The van der Waals surface area contributed by atoms with Gasteiger partial charge in [0.2, 0.25) is 0 Å². The number of carbonyl (C=O) groups excluding carboxylic acids is 1. The number of amides is 1. The lowest BCUT2D eigenvalue weighted by Crippen LogP contribution is -2.37. The average molecular weight is 331 g/mol. The van der Waals surface area contributed by atoms with E-state index in [0.29, 0.717) is 12.2 Å². The zero-order valence-corrected chi connectivity index (χ0v) is 14.9. The van der Waals surface area contributed by atoms with Crippen molar-refractivity contribution in [3.05, 3.63) is 47.3 Å². The summed E-state index contributed by atoms with van der Waals surface area (Å²) in [7, 11) is 4.96. The van der Waals surface area contributed by atoms with Crippen molar-refractivity contribution in [2.45, 2.75) is 33.0 Å². The molecule has 0 fully saturated rings. The highest BCUT2D eigenvalue weighted by molar-refractivity contribution is 5.94. The second-order valence-electron chi connectivity index (χ2n) is 5.63. The van der Waals surface area contributed by atoms with Gasteiger partial charge in [-0.3, -0.25) is 9.48 Å². The van der Waals surface area contributed by atoms with Crippen LogP contribution in [0, 0.1) is 0 Å². The van der Waals surface area contributed by atoms with E-state index in [1.807, 2.05) is 38.1 Å². The molecular formula is C18H25N3O3. The molecule has 1 amide bonds. The maximum atomic E-state index is 12.9. The van der Waals surface area contributed by atoms with E-state index in [2.05, 4.69) is 5.10 Å². The number of rotatable bonds is 7. The Labute approximate surface area is 143 Å². The Balaban J connectivity index is 2.30. The number of ether oxygens (including phenoxy) is 2. The summed E-state index contributed by atoms with van der Waals surface area (Å²) < 4.78 is 12.2. The smallest absolute Gasteiger partial charge is 0.274 e. The molecule has 1 aromatic carbocycles. The number of aryl methyl sites for hydroxylation is 1. The molecular weight excluding hydrogens is 306 g/mol. The third-order valence-corrected chi connectivity index (χ3v) is 4.20. The van der Waals surface area contributed by atoms with Crippen LogP contribution in [0.2, 0.25) is 0 Å². The molecule has 0 N–H and O–H groups in total. The molecule has 6 heteroatoms. The first-order valence-electron chi connectivity index (χ1n) is 7.99. The second-order valence-corrected chi connectivity index (χ2v) is 5.63. The number of nitrogens with zero attached hydrogens (tertiary/aromatic N) is 3. The van der Waals surface area contributed by atoms with Crippen LogP contribution in [-0.4, -0.2) is 48.1 Å². The maximum Gasteiger partial charge on any atom is 0.274 e. The Morgan fingerprint density at radius 2 is 1.96 bits per heavy atom. The fraction of sp³-hybridized carbons (Fsp3) is 0.444. The second kappa shape index (κ2) is 7.97. The monoisotopic (exact) mass is 331 g/mol. The minimum atomic E-state index is -0.299. The summed E-state index contributed by atoms with van der Waals surface area (Å²) in [5, 5.41) is 4.41. The largest absolute Gasteiger partial charge is 0.497 e.